The number of aliphatic hydroxyl groups is 1. The Labute approximate surface area is 109 Å². The third-order valence-corrected chi connectivity index (χ3v) is 3.44. The Bertz CT molecular complexity index is 389. The van der Waals surface area contributed by atoms with Gasteiger partial charge in [0, 0.05) is 30.9 Å². The van der Waals surface area contributed by atoms with Gasteiger partial charge in [-0.15, -0.1) is 0 Å². The maximum Gasteiger partial charge on any atom is 0.119 e. The van der Waals surface area contributed by atoms with Crippen molar-refractivity contribution < 1.29 is 9.84 Å². The number of rotatable bonds is 5. The van der Waals surface area contributed by atoms with E-state index in [1.807, 2.05) is 19.2 Å². The van der Waals surface area contributed by atoms with E-state index >= 15 is 0 Å². The maximum absolute atomic E-state index is 10.2. The molecule has 0 aliphatic carbocycles. The van der Waals surface area contributed by atoms with Crippen LogP contribution in [-0.2, 0) is 0 Å². The van der Waals surface area contributed by atoms with Gasteiger partial charge in [0.25, 0.3) is 0 Å². The molecule has 0 aromatic heterocycles. The first kappa shape index (κ1) is 13.2. The first-order valence-corrected chi connectivity index (χ1v) is 6.52. The van der Waals surface area contributed by atoms with Crippen LogP contribution in [-0.4, -0.2) is 38.9 Å². The Morgan fingerprint density at radius 2 is 2.11 bits per heavy atom. The molecule has 0 bridgehead atoms. The highest BCUT2D eigenvalue weighted by Gasteiger charge is 2.20. The Kier molecular flexibility index (Phi) is 4.44. The highest BCUT2D eigenvalue weighted by atomic mass is 16.5. The van der Waals surface area contributed by atoms with Crippen molar-refractivity contribution in [2.75, 3.05) is 38.7 Å². The third kappa shape index (κ3) is 2.76. The topological polar surface area (TPSA) is 44.7 Å². The van der Waals surface area contributed by atoms with Gasteiger partial charge in [-0.3, -0.25) is 0 Å². The smallest absolute Gasteiger partial charge is 0.119 e. The zero-order chi connectivity index (χ0) is 13.0. The minimum atomic E-state index is -0.499. The minimum Gasteiger partial charge on any atom is -0.497 e. The van der Waals surface area contributed by atoms with Crippen molar-refractivity contribution in [3.05, 3.63) is 23.8 Å². The number of hydrogen-bond acceptors (Lipinski definition) is 4. The molecular weight excluding hydrogens is 228 g/mol. The van der Waals surface area contributed by atoms with Crippen LogP contribution in [0.5, 0.6) is 5.75 Å². The minimum absolute atomic E-state index is 0.499. The summed E-state index contributed by atoms with van der Waals surface area (Å²) in [6.07, 6.45) is 1.96. The van der Waals surface area contributed by atoms with Gasteiger partial charge < -0.3 is 20.1 Å². The molecule has 1 fully saturated rings. The van der Waals surface area contributed by atoms with Gasteiger partial charge in [-0.25, -0.2) is 0 Å². The van der Waals surface area contributed by atoms with E-state index in [-0.39, 0.29) is 0 Å². The van der Waals surface area contributed by atoms with E-state index in [9.17, 15) is 5.11 Å². The normalized spacial score (nSPS) is 16.9. The van der Waals surface area contributed by atoms with Crippen molar-refractivity contribution in [2.24, 2.45) is 0 Å². The van der Waals surface area contributed by atoms with E-state index in [1.54, 1.807) is 7.11 Å². The summed E-state index contributed by atoms with van der Waals surface area (Å²) in [6, 6.07) is 5.96. The average Bonchev–Trinajstić information content (AvgIpc) is 2.92. The van der Waals surface area contributed by atoms with E-state index in [0.717, 1.165) is 30.1 Å². The molecule has 0 amide bonds. The lowest BCUT2D eigenvalue weighted by atomic mass is 10.1. The number of methoxy groups -OCH3 is 1. The van der Waals surface area contributed by atoms with Crippen LogP contribution in [0.25, 0.3) is 0 Å². The van der Waals surface area contributed by atoms with Gasteiger partial charge in [0.15, 0.2) is 0 Å². The summed E-state index contributed by atoms with van der Waals surface area (Å²) in [7, 11) is 3.50. The van der Waals surface area contributed by atoms with Crippen molar-refractivity contribution in [1.29, 1.82) is 0 Å². The van der Waals surface area contributed by atoms with E-state index in [2.05, 4.69) is 16.3 Å². The van der Waals surface area contributed by atoms with E-state index < -0.39 is 6.10 Å². The summed E-state index contributed by atoms with van der Waals surface area (Å²) >= 11 is 0. The van der Waals surface area contributed by atoms with Crippen molar-refractivity contribution in [2.45, 2.75) is 18.9 Å². The lowest BCUT2D eigenvalue weighted by Crippen LogP contribution is -2.23. The Morgan fingerprint density at radius 3 is 2.72 bits per heavy atom. The van der Waals surface area contributed by atoms with E-state index in [4.69, 9.17) is 4.74 Å². The van der Waals surface area contributed by atoms with Crippen LogP contribution in [0.3, 0.4) is 0 Å². The van der Waals surface area contributed by atoms with Crippen molar-refractivity contribution in [3.63, 3.8) is 0 Å². The molecule has 2 N–H and O–H groups in total. The Morgan fingerprint density at radius 1 is 1.39 bits per heavy atom. The zero-order valence-electron chi connectivity index (χ0n) is 11.1. The fourth-order valence-corrected chi connectivity index (χ4v) is 2.48. The molecule has 4 heteroatoms. The molecule has 0 saturated carbocycles. The van der Waals surface area contributed by atoms with Crippen LogP contribution in [0.4, 0.5) is 5.69 Å². The van der Waals surface area contributed by atoms with Crippen LogP contribution in [0, 0.1) is 0 Å². The molecule has 1 atom stereocenters. The highest BCUT2D eigenvalue weighted by molar-refractivity contribution is 5.58. The van der Waals surface area contributed by atoms with Gasteiger partial charge in [-0.05, 0) is 38.1 Å². The molecule has 100 valence electrons. The van der Waals surface area contributed by atoms with Crippen molar-refractivity contribution in [3.8, 4) is 5.75 Å². The molecule has 2 rings (SSSR count). The lowest BCUT2D eigenvalue weighted by Gasteiger charge is -2.24. The second-order valence-corrected chi connectivity index (χ2v) is 4.69. The second kappa shape index (κ2) is 6.07. The van der Waals surface area contributed by atoms with Crippen LogP contribution in [0.1, 0.15) is 24.5 Å². The highest BCUT2D eigenvalue weighted by Crippen LogP contribution is 2.32. The first-order valence-electron chi connectivity index (χ1n) is 6.52. The molecule has 0 radical (unpaired) electrons. The third-order valence-electron chi connectivity index (χ3n) is 3.44. The summed E-state index contributed by atoms with van der Waals surface area (Å²) in [6.45, 7) is 2.70. The fraction of sp³-hybridized carbons (Fsp3) is 0.571. The van der Waals surface area contributed by atoms with Crippen LogP contribution < -0.4 is 15.0 Å². The van der Waals surface area contributed by atoms with E-state index in [1.165, 1.54) is 12.8 Å². The average molecular weight is 250 g/mol. The Hall–Kier alpha value is -1.26. The molecule has 1 aliphatic heterocycles. The second-order valence-electron chi connectivity index (χ2n) is 4.69. The fourth-order valence-electron chi connectivity index (χ4n) is 2.48. The monoisotopic (exact) mass is 250 g/mol. The summed E-state index contributed by atoms with van der Waals surface area (Å²) < 4.78 is 5.25. The van der Waals surface area contributed by atoms with Gasteiger partial charge in [0.1, 0.15) is 5.75 Å². The molecule has 1 unspecified atom stereocenters. The van der Waals surface area contributed by atoms with Crippen LogP contribution in [0.2, 0.25) is 0 Å². The van der Waals surface area contributed by atoms with Crippen LogP contribution >= 0.6 is 0 Å². The van der Waals surface area contributed by atoms with E-state index in [0.29, 0.717) is 6.54 Å². The summed E-state index contributed by atoms with van der Waals surface area (Å²) in [5.41, 5.74) is 2.08. The van der Waals surface area contributed by atoms with Gasteiger partial charge >= 0.3 is 0 Å². The summed E-state index contributed by atoms with van der Waals surface area (Å²) in [5, 5.41) is 13.2. The standard InChI is InChI=1S/C14H22N2O2/c1-15-10-14(17)12-9-11(18-2)5-6-13(12)16-7-3-4-8-16/h5-6,9,14-15,17H,3-4,7-8,10H2,1-2H3. The SMILES string of the molecule is CNCC(O)c1cc(OC)ccc1N1CCCC1. The summed E-state index contributed by atoms with van der Waals surface area (Å²) in [4.78, 5) is 2.34. The Balaban J connectivity index is 2.31. The van der Waals surface area contributed by atoms with Gasteiger partial charge in [-0.2, -0.15) is 0 Å². The van der Waals surface area contributed by atoms with Crippen molar-refractivity contribution >= 4 is 5.69 Å². The number of nitrogens with one attached hydrogen (secondary N) is 1. The number of aliphatic hydroxyl groups excluding tert-OH is 1. The molecule has 1 aliphatic rings. The number of hydrogen-bond donors (Lipinski definition) is 2. The number of anilines is 1. The zero-order valence-corrected chi connectivity index (χ0v) is 11.1. The maximum atomic E-state index is 10.2. The lowest BCUT2D eigenvalue weighted by molar-refractivity contribution is 0.177. The van der Waals surface area contributed by atoms with Crippen molar-refractivity contribution in [1.82, 2.24) is 5.32 Å². The molecule has 1 saturated heterocycles. The molecular formula is C14H22N2O2. The predicted octanol–water partition coefficient (Wildman–Crippen LogP) is 1.55. The number of nitrogens with zero attached hydrogens (tertiary/aromatic N) is 1. The quantitative estimate of drug-likeness (QED) is 0.832. The summed E-state index contributed by atoms with van der Waals surface area (Å²) in [5.74, 6) is 0.795. The molecule has 1 aromatic rings. The molecule has 18 heavy (non-hydrogen) atoms. The number of likely N-dealkylation sites (N-methyl/N-ethyl adjacent to an activating group) is 1. The molecule has 0 spiro atoms. The van der Waals surface area contributed by atoms with Gasteiger partial charge in [0.2, 0.25) is 0 Å². The number of ether oxygens (including phenoxy) is 1. The largest absolute Gasteiger partial charge is 0.497 e. The molecule has 1 heterocycles. The van der Waals surface area contributed by atoms with Gasteiger partial charge in [-0.1, -0.05) is 0 Å². The predicted molar refractivity (Wildman–Crippen MR) is 73.3 cm³/mol. The molecule has 1 aromatic carbocycles. The number of benzene rings is 1. The first-order chi connectivity index (χ1) is 8.76. The van der Waals surface area contributed by atoms with Crippen LogP contribution in [0.15, 0.2) is 18.2 Å². The van der Waals surface area contributed by atoms with Gasteiger partial charge in [0.05, 0.1) is 13.2 Å². The molecule has 4 nitrogen and oxygen atoms in total.